The molecule has 0 saturated carbocycles. The number of carbonyl (C=O) groups excluding carboxylic acids is 1. The highest BCUT2D eigenvalue weighted by Gasteiger charge is 2.25. The van der Waals surface area contributed by atoms with Crippen LogP contribution in [0.4, 0.5) is 10.1 Å². The van der Waals surface area contributed by atoms with Gasteiger partial charge in [0.25, 0.3) is 0 Å². The van der Waals surface area contributed by atoms with Crippen molar-refractivity contribution < 1.29 is 13.6 Å². The summed E-state index contributed by atoms with van der Waals surface area (Å²) in [5.41, 5.74) is 0.418. The summed E-state index contributed by atoms with van der Waals surface area (Å²) in [4.78, 5) is 18.6. The maximum absolute atomic E-state index is 13.2. The monoisotopic (exact) mass is 387 g/mol. The minimum atomic E-state index is -0.394. The van der Waals surface area contributed by atoms with Crippen molar-refractivity contribution in [2.45, 2.75) is 18.9 Å². The summed E-state index contributed by atoms with van der Waals surface area (Å²) < 4.78 is 18.8. The van der Waals surface area contributed by atoms with Crippen molar-refractivity contribution in [3.05, 3.63) is 54.2 Å². The summed E-state index contributed by atoms with van der Waals surface area (Å²) in [7, 11) is 1.65. The number of furan rings is 1. The number of nitrogens with one attached hydrogen (secondary N) is 3. The first-order valence-corrected chi connectivity index (χ1v) is 9.43. The number of hydrogen-bond acceptors (Lipinski definition) is 4. The summed E-state index contributed by atoms with van der Waals surface area (Å²) in [6.45, 7) is 2.70. The molecule has 0 bridgehead atoms. The van der Waals surface area contributed by atoms with Gasteiger partial charge >= 0.3 is 0 Å². The van der Waals surface area contributed by atoms with Crippen molar-refractivity contribution in [2.24, 2.45) is 4.99 Å². The molecule has 2 aromatic rings. The minimum Gasteiger partial charge on any atom is -0.468 e. The third kappa shape index (κ3) is 5.56. The van der Waals surface area contributed by atoms with E-state index in [1.54, 1.807) is 25.4 Å². The van der Waals surface area contributed by atoms with Gasteiger partial charge in [-0.1, -0.05) is 6.07 Å². The largest absolute Gasteiger partial charge is 0.468 e. The SMILES string of the molecule is CN=C(NCC(=O)Nc1cccc(F)c1)NCC(c1ccco1)N1CCCC1. The van der Waals surface area contributed by atoms with Gasteiger partial charge in [0.2, 0.25) is 5.91 Å². The number of benzene rings is 1. The molecule has 28 heavy (non-hydrogen) atoms. The van der Waals surface area contributed by atoms with Gasteiger partial charge in [-0.25, -0.2) is 4.39 Å². The molecule has 1 aromatic carbocycles. The van der Waals surface area contributed by atoms with Gasteiger partial charge in [-0.2, -0.15) is 0 Å². The molecule has 2 heterocycles. The Labute approximate surface area is 164 Å². The molecule has 1 aliphatic rings. The molecule has 1 aromatic heterocycles. The minimum absolute atomic E-state index is 0.0192. The standard InChI is InChI=1S/C20H26FN5O2/c1-22-20(24-14-19(27)25-16-7-4-6-15(21)12-16)23-13-17(18-8-5-11-28-18)26-9-2-3-10-26/h4-8,11-12,17H,2-3,9-10,13-14H2,1H3,(H,25,27)(H2,22,23,24). The Morgan fingerprint density at radius 2 is 2.07 bits per heavy atom. The van der Waals surface area contributed by atoms with Crippen LogP contribution >= 0.6 is 0 Å². The summed E-state index contributed by atoms with van der Waals surface area (Å²) >= 11 is 0. The van der Waals surface area contributed by atoms with Crippen molar-refractivity contribution in [2.75, 3.05) is 38.5 Å². The van der Waals surface area contributed by atoms with E-state index < -0.39 is 5.82 Å². The van der Waals surface area contributed by atoms with E-state index in [2.05, 4.69) is 25.8 Å². The molecule has 3 N–H and O–H groups in total. The second-order valence-corrected chi connectivity index (χ2v) is 6.64. The average Bonchev–Trinajstić information content (AvgIpc) is 3.39. The highest BCUT2D eigenvalue weighted by Crippen LogP contribution is 2.24. The number of rotatable bonds is 7. The Morgan fingerprint density at radius 3 is 2.75 bits per heavy atom. The van der Waals surface area contributed by atoms with Crippen LogP contribution in [0.5, 0.6) is 0 Å². The normalized spacial score (nSPS) is 16.0. The Bertz CT molecular complexity index is 788. The van der Waals surface area contributed by atoms with Gasteiger partial charge < -0.3 is 20.4 Å². The van der Waals surface area contributed by atoms with Gasteiger partial charge in [-0.3, -0.25) is 14.7 Å². The Morgan fingerprint density at radius 1 is 1.25 bits per heavy atom. The highest BCUT2D eigenvalue weighted by molar-refractivity contribution is 5.94. The third-order valence-electron chi connectivity index (χ3n) is 4.66. The van der Waals surface area contributed by atoms with Crippen molar-refractivity contribution in [3.63, 3.8) is 0 Å². The van der Waals surface area contributed by atoms with Crippen LogP contribution in [0.2, 0.25) is 0 Å². The molecule has 8 heteroatoms. The van der Waals surface area contributed by atoms with E-state index in [4.69, 9.17) is 4.42 Å². The smallest absolute Gasteiger partial charge is 0.243 e. The lowest BCUT2D eigenvalue weighted by atomic mass is 10.2. The molecule has 3 rings (SSSR count). The molecule has 0 radical (unpaired) electrons. The number of halogens is 1. The van der Waals surface area contributed by atoms with Gasteiger partial charge in [0.1, 0.15) is 11.6 Å². The molecule has 1 saturated heterocycles. The molecule has 1 atom stereocenters. The molecule has 0 aliphatic carbocycles. The molecule has 0 spiro atoms. The fourth-order valence-electron chi connectivity index (χ4n) is 3.29. The highest BCUT2D eigenvalue weighted by atomic mass is 19.1. The van der Waals surface area contributed by atoms with Gasteiger partial charge in [0, 0.05) is 19.3 Å². The summed E-state index contributed by atoms with van der Waals surface area (Å²) in [6, 6.07) is 9.77. The quantitative estimate of drug-likeness (QED) is 0.502. The lowest BCUT2D eigenvalue weighted by Gasteiger charge is -2.26. The first-order valence-electron chi connectivity index (χ1n) is 9.43. The number of hydrogen-bond donors (Lipinski definition) is 3. The summed E-state index contributed by atoms with van der Waals surface area (Å²) in [6.07, 6.45) is 4.05. The molecular weight excluding hydrogens is 361 g/mol. The fraction of sp³-hybridized carbons (Fsp3) is 0.400. The number of carbonyl (C=O) groups is 1. The molecule has 1 unspecified atom stereocenters. The molecule has 1 fully saturated rings. The Balaban J connectivity index is 1.50. The van der Waals surface area contributed by atoms with Crippen LogP contribution in [0, 0.1) is 5.82 Å². The molecule has 150 valence electrons. The van der Waals surface area contributed by atoms with E-state index in [1.165, 1.54) is 25.0 Å². The maximum atomic E-state index is 13.2. The van der Waals surface area contributed by atoms with E-state index in [0.29, 0.717) is 18.2 Å². The molecular formula is C20H26FN5O2. The third-order valence-corrected chi connectivity index (χ3v) is 4.66. The zero-order valence-electron chi connectivity index (χ0n) is 16.0. The summed E-state index contributed by atoms with van der Waals surface area (Å²) in [5, 5.41) is 8.89. The van der Waals surface area contributed by atoms with Crippen molar-refractivity contribution in [3.8, 4) is 0 Å². The molecule has 7 nitrogen and oxygen atoms in total. The second-order valence-electron chi connectivity index (χ2n) is 6.64. The van der Waals surface area contributed by atoms with Crippen LogP contribution in [0.3, 0.4) is 0 Å². The zero-order valence-corrected chi connectivity index (χ0v) is 16.0. The molecule has 1 amide bonds. The van der Waals surface area contributed by atoms with Crippen molar-refractivity contribution in [1.82, 2.24) is 15.5 Å². The van der Waals surface area contributed by atoms with Crippen LogP contribution in [-0.2, 0) is 4.79 Å². The number of aliphatic imine (C=N–C) groups is 1. The maximum Gasteiger partial charge on any atom is 0.243 e. The topological polar surface area (TPSA) is 81.9 Å². The lowest BCUT2D eigenvalue weighted by Crippen LogP contribution is -2.44. The van der Waals surface area contributed by atoms with Crippen molar-refractivity contribution in [1.29, 1.82) is 0 Å². The molecule has 1 aliphatic heterocycles. The van der Waals surface area contributed by atoms with E-state index in [-0.39, 0.29) is 18.5 Å². The lowest BCUT2D eigenvalue weighted by molar-refractivity contribution is -0.115. The fourth-order valence-corrected chi connectivity index (χ4v) is 3.29. The number of guanidine groups is 1. The Hall–Kier alpha value is -2.87. The van der Waals surface area contributed by atoms with E-state index in [9.17, 15) is 9.18 Å². The van der Waals surface area contributed by atoms with Crippen molar-refractivity contribution >= 4 is 17.6 Å². The van der Waals surface area contributed by atoms with Gasteiger partial charge in [-0.05, 0) is 56.3 Å². The number of likely N-dealkylation sites (tertiary alicyclic amines) is 1. The zero-order chi connectivity index (χ0) is 19.8. The number of nitrogens with zero attached hydrogens (tertiary/aromatic N) is 2. The van der Waals surface area contributed by atoms with E-state index in [1.807, 2.05) is 12.1 Å². The predicted octanol–water partition coefficient (Wildman–Crippen LogP) is 2.36. The summed E-state index contributed by atoms with van der Waals surface area (Å²) in [5.74, 6) is 0.753. The van der Waals surface area contributed by atoms with Gasteiger partial charge in [0.15, 0.2) is 5.96 Å². The van der Waals surface area contributed by atoms with E-state index >= 15 is 0 Å². The van der Waals surface area contributed by atoms with Crippen LogP contribution in [0.1, 0.15) is 24.6 Å². The average molecular weight is 387 g/mol. The van der Waals surface area contributed by atoms with Crippen LogP contribution < -0.4 is 16.0 Å². The van der Waals surface area contributed by atoms with Gasteiger partial charge in [0.05, 0.1) is 18.8 Å². The first-order chi connectivity index (χ1) is 13.7. The Kier molecular flexibility index (Phi) is 7.02. The van der Waals surface area contributed by atoms with Gasteiger partial charge in [-0.15, -0.1) is 0 Å². The van der Waals surface area contributed by atoms with Crippen LogP contribution in [0.15, 0.2) is 52.1 Å². The number of amides is 1. The van der Waals surface area contributed by atoms with Crippen LogP contribution in [0.25, 0.3) is 0 Å². The van der Waals surface area contributed by atoms with E-state index in [0.717, 1.165) is 18.8 Å². The number of anilines is 1. The second kappa shape index (κ2) is 9.89. The van der Waals surface area contributed by atoms with Crippen LogP contribution in [-0.4, -0.2) is 50.0 Å². The predicted molar refractivity (Wildman–Crippen MR) is 107 cm³/mol. The first kappa shape index (κ1) is 19.9.